The maximum Gasteiger partial charge on any atom is 0.241 e. The van der Waals surface area contributed by atoms with Crippen molar-refractivity contribution in [2.24, 2.45) is 5.14 Å². The van der Waals surface area contributed by atoms with Crippen molar-refractivity contribution in [1.29, 1.82) is 0 Å². The fraction of sp³-hybridized carbons (Fsp3) is 0.333. The number of aromatic nitrogens is 2. The SMILES string of the molecule is COC[C@@H](Nc1nc(Nc2cc(Cl)c(S(N)(=O)=O)c(Cl)c2)ncc1Br)[C@@H](C)O. The molecule has 0 aliphatic carbocycles. The molecule has 0 unspecified atom stereocenters. The first-order valence-electron chi connectivity index (χ1n) is 7.78. The topological polar surface area (TPSA) is 139 Å². The molecule has 1 aromatic carbocycles. The van der Waals surface area contributed by atoms with E-state index >= 15 is 0 Å². The fourth-order valence-corrected chi connectivity index (χ4v) is 4.32. The normalized spacial score (nSPS) is 13.8. The van der Waals surface area contributed by atoms with E-state index in [2.05, 4.69) is 36.5 Å². The van der Waals surface area contributed by atoms with Crippen molar-refractivity contribution in [2.75, 3.05) is 24.4 Å². The van der Waals surface area contributed by atoms with Crippen LogP contribution in [0.15, 0.2) is 27.7 Å². The van der Waals surface area contributed by atoms with Crippen LogP contribution in [0.3, 0.4) is 0 Å². The molecular weight excluding hydrogens is 497 g/mol. The standard InChI is InChI=1S/C15H18BrCl2N5O4S/c1-7(24)12(6-27-2)22-14-9(16)5-20-15(23-14)21-8-3-10(17)13(11(18)4-8)28(19,25)26/h3-5,7,12,24H,6H2,1-2H3,(H2,19,25,26)(H2,20,21,22,23)/t7-,12-/m1/s1. The van der Waals surface area contributed by atoms with Gasteiger partial charge < -0.3 is 20.5 Å². The van der Waals surface area contributed by atoms with Crippen LogP contribution in [0.25, 0.3) is 0 Å². The van der Waals surface area contributed by atoms with Crippen LogP contribution in [0.4, 0.5) is 17.5 Å². The lowest BCUT2D eigenvalue weighted by Crippen LogP contribution is -2.36. The number of primary sulfonamides is 1. The highest BCUT2D eigenvalue weighted by atomic mass is 79.9. The number of nitrogens with zero attached hydrogens (tertiary/aromatic N) is 2. The van der Waals surface area contributed by atoms with Crippen molar-refractivity contribution in [3.8, 4) is 0 Å². The third-order valence-electron chi connectivity index (χ3n) is 3.53. The number of aliphatic hydroxyl groups is 1. The van der Waals surface area contributed by atoms with Gasteiger partial charge in [-0.25, -0.2) is 18.5 Å². The monoisotopic (exact) mass is 513 g/mol. The predicted octanol–water partition coefficient (Wildman–Crippen LogP) is 2.74. The number of hydrogen-bond donors (Lipinski definition) is 4. The molecule has 2 atom stereocenters. The summed E-state index contributed by atoms with van der Waals surface area (Å²) in [5.41, 5.74) is 0.361. The highest BCUT2D eigenvalue weighted by molar-refractivity contribution is 9.10. The largest absolute Gasteiger partial charge is 0.391 e. The Morgan fingerprint density at radius 3 is 2.46 bits per heavy atom. The Morgan fingerprint density at radius 1 is 1.36 bits per heavy atom. The van der Waals surface area contributed by atoms with Crippen LogP contribution < -0.4 is 15.8 Å². The van der Waals surface area contributed by atoms with E-state index in [1.807, 2.05) is 0 Å². The number of hydrogen-bond acceptors (Lipinski definition) is 8. The van der Waals surface area contributed by atoms with Crippen molar-refractivity contribution < 1.29 is 18.3 Å². The molecule has 0 saturated heterocycles. The van der Waals surface area contributed by atoms with Gasteiger partial charge in [0.25, 0.3) is 0 Å². The predicted molar refractivity (Wildman–Crippen MR) is 112 cm³/mol. The minimum absolute atomic E-state index is 0.137. The summed E-state index contributed by atoms with van der Waals surface area (Å²) in [6.07, 6.45) is 0.812. The quantitative estimate of drug-likeness (QED) is 0.421. The summed E-state index contributed by atoms with van der Waals surface area (Å²) >= 11 is 15.3. The molecule has 0 bridgehead atoms. The van der Waals surface area contributed by atoms with Crippen molar-refractivity contribution in [3.05, 3.63) is 32.8 Å². The Morgan fingerprint density at radius 2 is 1.96 bits per heavy atom. The zero-order valence-electron chi connectivity index (χ0n) is 14.8. The molecule has 2 rings (SSSR count). The van der Waals surface area contributed by atoms with Crippen LogP contribution >= 0.6 is 39.1 Å². The number of rotatable bonds is 8. The van der Waals surface area contributed by atoms with E-state index in [9.17, 15) is 13.5 Å². The van der Waals surface area contributed by atoms with E-state index in [0.29, 0.717) is 16.0 Å². The molecule has 2 aromatic rings. The summed E-state index contributed by atoms with van der Waals surface area (Å²) < 4.78 is 28.8. The van der Waals surface area contributed by atoms with Gasteiger partial charge in [-0.15, -0.1) is 0 Å². The number of ether oxygens (including phenoxy) is 1. The van der Waals surface area contributed by atoms with Gasteiger partial charge in [0.05, 0.1) is 33.3 Å². The summed E-state index contributed by atoms with van der Waals surface area (Å²) in [4.78, 5) is 8.10. The third-order valence-corrected chi connectivity index (χ3v) is 5.94. The van der Waals surface area contributed by atoms with Gasteiger partial charge in [0.1, 0.15) is 10.7 Å². The van der Waals surface area contributed by atoms with Crippen molar-refractivity contribution >= 4 is 66.6 Å². The number of benzene rings is 1. The number of anilines is 3. The number of methoxy groups -OCH3 is 1. The molecule has 154 valence electrons. The number of aliphatic hydroxyl groups excluding tert-OH is 1. The zero-order valence-corrected chi connectivity index (χ0v) is 18.7. The van der Waals surface area contributed by atoms with Crippen LogP contribution in [-0.4, -0.2) is 49.4 Å². The third kappa shape index (κ3) is 5.89. The Labute approximate surface area is 180 Å². The summed E-state index contributed by atoms with van der Waals surface area (Å²) in [5, 5.41) is 20.6. The molecule has 13 heteroatoms. The van der Waals surface area contributed by atoms with Crippen molar-refractivity contribution in [2.45, 2.75) is 24.0 Å². The zero-order chi connectivity index (χ0) is 21.1. The van der Waals surface area contributed by atoms with E-state index < -0.39 is 22.2 Å². The lowest BCUT2D eigenvalue weighted by Gasteiger charge is -2.22. The first kappa shape index (κ1) is 23.1. The molecule has 0 aliphatic heterocycles. The maximum atomic E-state index is 11.6. The van der Waals surface area contributed by atoms with Crippen LogP contribution in [-0.2, 0) is 14.8 Å². The smallest absolute Gasteiger partial charge is 0.241 e. The molecule has 0 amide bonds. The Hall–Kier alpha value is -1.21. The van der Waals surface area contributed by atoms with E-state index in [4.69, 9.17) is 33.1 Å². The van der Waals surface area contributed by atoms with Crippen LogP contribution in [0.2, 0.25) is 10.0 Å². The average Bonchev–Trinajstić information content (AvgIpc) is 2.55. The number of sulfonamides is 1. The van der Waals surface area contributed by atoms with Gasteiger partial charge in [-0.1, -0.05) is 23.2 Å². The Balaban J connectivity index is 2.31. The second-order valence-corrected chi connectivity index (χ2v) is 8.94. The van der Waals surface area contributed by atoms with Gasteiger partial charge in [-0.2, -0.15) is 4.98 Å². The molecule has 9 nitrogen and oxygen atoms in total. The first-order valence-corrected chi connectivity index (χ1v) is 10.9. The number of halogens is 3. The molecule has 1 heterocycles. The highest BCUT2D eigenvalue weighted by Crippen LogP contribution is 2.33. The minimum Gasteiger partial charge on any atom is -0.391 e. The second kappa shape index (κ2) is 9.53. The van der Waals surface area contributed by atoms with Gasteiger partial charge in [-0.05, 0) is 35.0 Å². The molecule has 1 aromatic heterocycles. The molecule has 0 saturated carbocycles. The summed E-state index contributed by atoms with van der Waals surface area (Å²) in [6, 6.07) is 2.28. The lowest BCUT2D eigenvalue weighted by atomic mass is 10.2. The maximum absolute atomic E-state index is 11.6. The van der Waals surface area contributed by atoms with E-state index in [0.717, 1.165) is 0 Å². The second-order valence-electron chi connectivity index (χ2n) is 5.78. The molecule has 0 aliphatic rings. The van der Waals surface area contributed by atoms with Gasteiger partial charge in [0.15, 0.2) is 0 Å². The summed E-state index contributed by atoms with van der Waals surface area (Å²) in [6.45, 7) is 1.89. The Bertz CT molecular complexity index is 938. The molecule has 28 heavy (non-hydrogen) atoms. The molecular formula is C15H18BrCl2N5O4S. The molecule has 0 radical (unpaired) electrons. The van der Waals surface area contributed by atoms with E-state index in [1.165, 1.54) is 25.4 Å². The molecule has 0 fully saturated rings. The average molecular weight is 515 g/mol. The lowest BCUT2D eigenvalue weighted by molar-refractivity contribution is 0.106. The Kier molecular flexibility index (Phi) is 7.85. The van der Waals surface area contributed by atoms with E-state index in [1.54, 1.807) is 6.92 Å². The summed E-state index contributed by atoms with van der Waals surface area (Å²) in [5.74, 6) is 0.599. The van der Waals surface area contributed by atoms with Crippen LogP contribution in [0.5, 0.6) is 0 Å². The van der Waals surface area contributed by atoms with Gasteiger partial charge in [0, 0.05) is 19.0 Å². The first-order chi connectivity index (χ1) is 13.0. The number of nitrogens with two attached hydrogens (primary N) is 1. The molecule has 5 N–H and O–H groups in total. The fourth-order valence-electron chi connectivity index (χ4n) is 2.22. The van der Waals surface area contributed by atoms with Gasteiger partial charge in [-0.3, -0.25) is 0 Å². The molecule has 0 spiro atoms. The van der Waals surface area contributed by atoms with Crippen molar-refractivity contribution in [3.63, 3.8) is 0 Å². The van der Waals surface area contributed by atoms with E-state index in [-0.39, 0.29) is 27.5 Å². The van der Waals surface area contributed by atoms with Gasteiger partial charge >= 0.3 is 0 Å². The number of nitrogens with one attached hydrogen (secondary N) is 2. The highest BCUT2D eigenvalue weighted by Gasteiger charge is 2.20. The van der Waals surface area contributed by atoms with Crippen LogP contribution in [0, 0.1) is 0 Å². The summed E-state index contributed by atoms with van der Waals surface area (Å²) in [7, 11) is -2.54. The van der Waals surface area contributed by atoms with Crippen LogP contribution in [0.1, 0.15) is 6.92 Å². The van der Waals surface area contributed by atoms with Crippen molar-refractivity contribution in [1.82, 2.24) is 9.97 Å². The minimum atomic E-state index is -4.07. The van der Waals surface area contributed by atoms with Gasteiger partial charge in [0.2, 0.25) is 16.0 Å².